The molecular weight excluding hydrogens is 344 g/mol. The van der Waals surface area contributed by atoms with Gasteiger partial charge in [0.15, 0.2) is 0 Å². The van der Waals surface area contributed by atoms with Crippen molar-refractivity contribution in [2.45, 2.75) is 18.9 Å². The number of carbonyl (C=O) groups excluding carboxylic acids is 1. The molecular formula is C17H13F2N5O2. The lowest BCUT2D eigenvalue weighted by atomic mass is 10.2. The molecule has 1 atom stereocenters. The molecule has 26 heavy (non-hydrogen) atoms. The van der Waals surface area contributed by atoms with E-state index in [1.165, 1.54) is 24.7 Å². The zero-order chi connectivity index (χ0) is 18.1. The maximum Gasteiger partial charge on any atom is 0.274 e. The van der Waals surface area contributed by atoms with E-state index in [9.17, 15) is 13.6 Å². The van der Waals surface area contributed by atoms with E-state index in [1.807, 2.05) is 0 Å². The fourth-order valence-electron chi connectivity index (χ4n) is 2.97. The van der Waals surface area contributed by atoms with Gasteiger partial charge >= 0.3 is 0 Å². The van der Waals surface area contributed by atoms with E-state index in [-0.39, 0.29) is 28.9 Å². The van der Waals surface area contributed by atoms with Gasteiger partial charge in [-0.25, -0.2) is 13.8 Å². The van der Waals surface area contributed by atoms with Crippen LogP contribution in [0.25, 0.3) is 11.4 Å². The summed E-state index contributed by atoms with van der Waals surface area (Å²) in [6.45, 7) is 0.517. The Bertz CT molecular complexity index is 947. The number of hydrogen-bond donors (Lipinski definition) is 0. The number of likely N-dealkylation sites (tertiary alicyclic amines) is 1. The fraction of sp³-hybridized carbons (Fsp3) is 0.235. The summed E-state index contributed by atoms with van der Waals surface area (Å²) in [4.78, 5) is 26.3. The first-order chi connectivity index (χ1) is 12.6. The number of nitrogens with zero attached hydrogens (tertiary/aromatic N) is 5. The molecule has 0 unspecified atom stereocenters. The summed E-state index contributed by atoms with van der Waals surface area (Å²) in [5.41, 5.74) is 0.259. The average molecular weight is 357 g/mol. The highest BCUT2D eigenvalue weighted by atomic mass is 19.1. The minimum absolute atomic E-state index is 0.0105. The van der Waals surface area contributed by atoms with Gasteiger partial charge in [0, 0.05) is 25.0 Å². The Labute approximate surface area is 146 Å². The lowest BCUT2D eigenvalue weighted by Crippen LogP contribution is -2.31. The van der Waals surface area contributed by atoms with Crippen molar-refractivity contribution >= 4 is 5.91 Å². The van der Waals surface area contributed by atoms with Gasteiger partial charge in [0.1, 0.15) is 23.4 Å². The highest BCUT2D eigenvalue weighted by Crippen LogP contribution is 2.33. The van der Waals surface area contributed by atoms with E-state index < -0.39 is 17.7 Å². The van der Waals surface area contributed by atoms with Crippen molar-refractivity contribution in [2.75, 3.05) is 6.54 Å². The standard InChI is InChI=1S/C17H13F2N5O2/c18-10-3-4-11(12(19)8-10)15-22-16(26-23-15)14-2-1-7-24(14)17(25)13-9-20-5-6-21-13/h3-6,8-9,14H,1-2,7H2/t14-/m1/s1. The molecule has 7 nitrogen and oxygen atoms in total. The maximum atomic E-state index is 13.9. The molecule has 0 N–H and O–H groups in total. The SMILES string of the molecule is O=C(c1cnccn1)N1CCC[C@@H]1c1nc(-c2ccc(F)cc2F)no1. The third kappa shape index (κ3) is 2.92. The zero-order valence-corrected chi connectivity index (χ0v) is 13.5. The summed E-state index contributed by atoms with van der Waals surface area (Å²) in [7, 11) is 0. The Kier molecular flexibility index (Phi) is 4.11. The Morgan fingerprint density at radius 3 is 2.92 bits per heavy atom. The van der Waals surface area contributed by atoms with Crippen LogP contribution >= 0.6 is 0 Å². The third-order valence-corrected chi connectivity index (χ3v) is 4.19. The van der Waals surface area contributed by atoms with E-state index in [0.29, 0.717) is 13.0 Å². The van der Waals surface area contributed by atoms with Gasteiger partial charge in [0.25, 0.3) is 5.91 Å². The third-order valence-electron chi connectivity index (χ3n) is 4.19. The number of rotatable bonds is 3. The number of benzene rings is 1. The quantitative estimate of drug-likeness (QED) is 0.717. The molecule has 0 spiro atoms. The van der Waals surface area contributed by atoms with Crippen LogP contribution in [0.4, 0.5) is 8.78 Å². The molecule has 1 fully saturated rings. The minimum Gasteiger partial charge on any atom is -0.337 e. The predicted octanol–water partition coefficient (Wildman–Crippen LogP) is 2.78. The summed E-state index contributed by atoms with van der Waals surface area (Å²) < 4.78 is 32.2. The first-order valence-corrected chi connectivity index (χ1v) is 7.99. The van der Waals surface area contributed by atoms with Crippen molar-refractivity contribution in [2.24, 2.45) is 0 Å². The van der Waals surface area contributed by atoms with Gasteiger partial charge in [0.05, 0.1) is 11.8 Å². The zero-order valence-electron chi connectivity index (χ0n) is 13.5. The minimum atomic E-state index is -0.781. The molecule has 4 rings (SSSR count). The second kappa shape index (κ2) is 6.58. The summed E-state index contributed by atoms with van der Waals surface area (Å²) >= 11 is 0. The molecule has 1 amide bonds. The molecule has 0 radical (unpaired) electrons. The van der Waals surface area contributed by atoms with Gasteiger partial charge in [-0.05, 0) is 25.0 Å². The van der Waals surface area contributed by atoms with Gasteiger partial charge in [0.2, 0.25) is 11.7 Å². The number of amides is 1. The van der Waals surface area contributed by atoms with Crippen LogP contribution in [0.1, 0.15) is 35.3 Å². The average Bonchev–Trinajstić information content (AvgIpc) is 3.31. The second-order valence-corrected chi connectivity index (χ2v) is 5.83. The molecule has 2 aromatic heterocycles. The van der Waals surface area contributed by atoms with Crippen LogP contribution in [0, 0.1) is 11.6 Å². The smallest absolute Gasteiger partial charge is 0.274 e. The largest absolute Gasteiger partial charge is 0.337 e. The highest BCUT2D eigenvalue weighted by molar-refractivity contribution is 5.92. The van der Waals surface area contributed by atoms with Gasteiger partial charge in [-0.1, -0.05) is 5.16 Å². The van der Waals surface area contributed by atoms with Gasteiger partial charge < -0.3 is 9.42 Å². The molecule has 3 aromatic rings. The van der Waals surface area contributed by atoms with Crippen molar-refractivity contribution in [3.63, 3.8) is 0 Å². The van der Waals surface area contributed by atoms with E-state index in [1.54, 1.807) is 4.90 Å². The van der Waals surface area contributed by atoms with Gasteiger partial charge in [-0.15, -0.1) is 0 Å². The molecule has 1 aliphatic rings. The van der Waals surface area contributed by atoms with Crippen molar-refractivity contribution in [1.29, 1.82) is 0 Å². The van der Waals surface area contributed by atoms with E-state index in [2.05, 4.69) is 20.1 Å². The van der Waals surface area contributed by atoms with Crippen molar-refractivity contribution in [1.82, 2.24) is 25.0 Å². The molecule has 1 aliphatic heterocycles. The summed E-state index contributed by atoms with van der Waals surface area (Å²) in [5, 5.41) is 3.77. The molecule has 1 aromatic carbocycles. The Hall–Kier alpha value is -3.23. The van der Waals surface area contributed by atoms with Gasteiger partial charge in [-0.3, -0.25) is 9.78 Å². The van der Waals surface area contributed by atoms with Crippen LogP contribution in [0.3, 0.4) is 0 Å². The van der Waals surface area contributed by atoms with Crippen LogP contribution in [-0.2, 0) is 0 Å². The monoisotopic (exact) mass is 357 g/mol. The van der Waals surface area contributed by atoms with E-state index in [0.717, 1.165) is 18.6 Å². The molecule has 1 saturated heterocycles. The lowest BCUT2D eigenvalue weighted by Gasteiger charge is -2.21. The topological polar surface area (TPSA) is 85.0 Å². The van der Waals surface area contributed by atoms with Crippen LogP contribution in [0.5, 0.6) is 0 Å². The first-order valence-electron chi connectivity index (χ1n) is 7.99. The fourth-order valence-corrected chi connectivity index (χ4v) is 2.97. The van der Waals surface area contributed by atoms with Crippen molar-refractivity contribution < 1.29 is 18.1 Å². The van der Waals surface area contributed by atoms with Crippen LogP contribution in [0.2, 0.25) is 0 Å². The second-order valence-electron chi connectivity index (χ2n) is 5.83. The maximum absolute atomic E-state index is 13.9. The molecule has 3 heterocycles. The van der Waals surface area contributed by atoms with Gasteiger partial charge in [-0.2, -0.15) is 4.98 Å². The first kappa shape index (κ1) is 16.2. The van der Waals surface area contributed by atoms with Crippen molar-refractivity contribution in [3.05, 3.63) is 60.0 Å². The molecule has 9 heteroatoms. The van der Waals surface area contributed by atoms with E-state index in [4.69, 9.17) is 4.52 Å². The normalized spacial score (nSPS) is 16.8. The Morgan fingerprint density at radius 2 is 2.15 bits per heavy atom. The van der Waals surface area contributed by atoms with Crippen LogP contribution in [-0.4, -0.2) is 37.5 Å². The lowest BCUT2D eigenvalue weighted by molar-refractivity contribution is 0.0703. The summed E-state index contributed by atoms with van der Waals surface area (Å²) in [5.74, 6) is -1.54. The molecule has 0 saturated carbocycles. The highest BCUT2D eigenvalue weighted by Gasteiger charge is 2.35. The Balaban J connectivity index is 1.61. The van der Waals surface area contributed by atoms with E-state index >= 15 is 0 Å². The van der Waals surface area contributed by atoms with Crippen molar-refractivity contribution in [3.8, 4) is 11.4 Å². The number of carbonyl (C=O) groups is 1. The molecule has 0 bridgehead atoms. The van der Waals surface area contributed by atoms with Crippen LogP contribution < -0.4 is 0 Å². The summed E-state index contributed by atoms with van der Waals surface area (Å²) in [6.07, 6.45) is 5.73. The van der Waals surface area contributed by atoms with Crippen LogP contribution in [0.15, 0.2) is 41.3 Å². The number of hydrogen-bond acceptors (Lipinski definition) is 6. The Morgan fingerprint density at radius 1 is 1.27 bits per heavy atom. The molecule has 0 aliphatic carbocycles. The predicted molar refractivity (Wildman–Crippen MR) is 84.7 cm³/mol. The number of halogens is 2. The number of aromatic nitrogens is 4. The molecule has 132 valence electrons. The summed E-state index contributed by atoms with van der Waals surface area (Å²) in [6, 6.07) is 2.70.